The van der Waals surface area contributed by atoms with Gasteiger partial charge in [-0.3, -0.25) is 9.59 Å². The van der Waals surface area contributed by atoms with Crippen LogP contribution in [0, 0.1) is 0 Å². The Hall–Kier alpha value is -0.880. The van der Waals surface area contributed by atoms with Crippen LogP contribution in [0.25, 0.3) is 0 Å². The second kappa shape index (κ2) is 6.05. The van der Waals surface area contributed by atoms with E-state index >= 15 is 0 Å². The molecule has 0 spiro atoms. The molecule has 0 saturated carbocycles. The summed E-state index contributed by atoms with van der Waals surface area (Å²) in [7, 11) is 0. The van der Waals surface area contributed by atoms with Crippen molar-refractivity contribution >= 4 is 39.1 Å². The van der Waals surface area contributed by atoms with Gasteiger partial charge in [0.05, 0.1) is 10.3 Å². The molecule has 2 atom stereocenters. The van der Waals surface area contributed by atoms with Crippen molar-refractivity contribution in [2.45, 2.75) is 45.3 Å². The normalized spacial score (nSPS) is 23.6. The largest absolute Gasteiger partial charge is 0.343 e. The number of carbonyl (C=O) groups is 2. The predicted molar refractivity (Wildman–Crippen MR) is 78.9 cm³/mol. The first kappa shape index (κ1) is 14.5. The molecule has 1 aromatic heterocycles. The third-order valence-corrected chi connectivity index (χ3v) is 4.93. The maximum Gasteiger partial charge on any atom is 0.246 e. The van der Waals surface area contributed by atoms with Crippen LogP contribution in [0.1, 0.15) is 31.6 Å². The van der Waals surface area contributed by atoms with Gasteiger partial charge in [-0.15, -0.1) is 11.3 Å². The van der Waals surface area contributed by atoms with Gasteiger partial charge >= 0.3 is 0 Å². The number of carbonyl (C=O) groups excluding carboxylic acids is 2. The molecule has 0 radical (unpaired) electrons. The molecule has 2 unspecified atom stereocenters. The minimum absolute atomic E-state index is 0.0264. The Morgan fingerprint density at radius 1 is 1.32 bits per heavy atom. The average Bonchev–Trinajstić information content (AvgIpc) is 2.79. The maximum absolute atomic E-state index is 12.4. The van der Waals surface area contributed by atoms with Crippen molar-refractivity contribution in [3.05, 3.63) is 20.8 Å². The van der Waals surface area contributed by atoms with E-state index in [0.29, 0.717) is 19.4 Å². The summed E-state index contributed by atoms with van der Waals surface area (Å²) in [6.07, 6.45) is 1.27. The zero-order valence-corrected chi connectivity index (χ0v) is 13.4. The highest BCUT2D eigenvalue weighted by atomic mass is 79.9. The van der Waals surface area contributed by atoms with Crippen molar-refractivity contribution in [2.75, 3.05) is 0 Å². The summed E-state index contributed by atoms with van der Waals surface area (Å²) in [4.78, 5) is 27.2. The van der Waals surface area contributed by atoms with Gasteiger partial charge in [-0.2, -0.15) is 0 Å². The summed E-state index contributed by atoms with van der Waals surface area (Å²) in [6, 6.07) is 3.23. The first-order valence-electron chi connectivity index (χ1n) is 6.41. The van der Waals surface area contributed by atoms with E-state index in [1.165, 1.54) is 0 Å². The van der Waals surface area contributed by atoms with Crippen molar-refractivity contribution < 1.29 is 9.59 Å². The molecule has 1 saturated heterocycles. The molecule has 4 nitrogen and oxygen atoms in total. The van der Waals surface area contributed by atoms with Crippen molar-refractivity contribution in [2.24, 2.45) is 0 Å². The number of hydrogen-bond acceptors (Lipinski definition) is 3. The van der Waals surface area contributed by atoms with E-state index in [1.54, 1.807) is 16.2 Å². The molecule has 2 amide bonds. The average molecular weight is 345 g/mol. The first-order valence-corrected chi connectivity index (χ1v) is 8.02. The van der Waals surface area contributed by atoms with Gasteiger partial charge in [-0.25, -0.2) is 0 Å². The second-order valence-electron chi connectivity index (χ2n) is 4.57. The Morgan fingerprint density at radius 3 is 2.58 bits per heavy atom. The standard InChI is InChI=1S/C13H17BrN2O2S/c1-3-9-13(18)16(10(4-2)12(17)15-9)7-8-5-6-11(14)19-8/h5-6,9-10H,3-4,7H2,1-2H3,(H,15,17). The molecular weight excluding hydrogens is 328 g/mol. The quantitative estimate of drug-likeness (QED) is 0.912. The molecule has 1 aliphatic heterocycles. The molecule has 2 rings (SSSR count). The third kappa shape index (κ3) is 3.00. The van der Waals surface area contributed by atoms with Gasteiger partial charge in [-0.1, -0.05) is 13.8 Å². The number of thiophene rings is 1. The van der Waals surface area contributed by atoms with E-state index in [2.05, 4.69) is 21.2 Å². The molecule has 1 N–H and O–H groups in total. The zero-order valence-electron chi connectivity index (χ0n) is 11.0. The lowest BCUT2D eigenvalue weighted by molar-refractivity contribution is -0.150. The van der Waals surface area contributed by atoms with Crippen LogP contribution in [0.15, 0.2) is 15.9 Å². The minimum atomic E-state index is -0.376. The van der Waals surface area contributed by atoms with Gasteiger partial charge in [0.25, 0.3) is 0 Å². The van der Waals surface area contributed by atoms with Crippen LogP contribution in [-0.2, 0) is 16.1 Å². The highest BCUT2D eigenvalue weighted by Crippen LogP contribution is 2.25. The van der Waals surface area contributed by atoms with Crippen molar-refractivity contribution in [1.82, 2.24) is 10.2 Å². The number of hydrogen-bond donors (Lipinski definition) is 1. The summed E-state index contributed by atoms with van der Waals surface area (Å²) >= 11 is 5.01. The van der Waals surface area contributed by atoms with E-state index in [9.17, 15) is 9.59 Å². The molecule has 104 valence electrons. The number of halogens is 1. The van der Waals surface area contributed by atoms with Gasteiger partial charge in [0.1, 0.15) is 12.1 Å². The number of amides is 2. The Balaban J connectivity index is 2.21. The van der Waals surface area contributed by atoms with Crippen LogP contribution in [0.5, 0.6) is 0 Å². The lowest BCUT2D eigenvalue weighted by atomic mass is 10.0. The monoisotopic (exact) mass is 344 g/mol. The van der Waals surface area contributed by atoms with E-state index in [-0.39, 0.29) is 23.9 Å². The summed E-state index contributed by atoms with van der Waals surface area (Å²) in [5.41, 5.74) is 0. The fourth-order valence-corrected chi connectivity index (χ4v) is 3.78. The van der Waals surface area contributed by atoms with Gasteiger partial charge in [-0.05, 0) is 40.9 Å². The number of rotatable bonds is 4. The van der Waals surface area contributed by atoms with Crippen LogP contribution < -0.4 is 5.32 Å². The Labute approximate surface area is 125 Å². The zero-order chi connectivity index (χ0) is 14.0. The van der Waals surface area contributed by atoms with E-state index in [0.717, 1.165) is 8.66 Å². The van der Waals surface area contributed by atoms with Crippen molar-refractivity contribution in [3.63, 3.8) is 0 Å². The first-order chi connectivity index (χ1) is 9.06. The number of nitrogens with zero attached hydrogens (tertiary/aromatic N) is 1. The molecule has 6 heteroatoms. The fraction of sp³-hybridized carbons (Fsp3) is 0.538. The molecule has 2 heterocycles. The Morgan fingerprint density at radius 2 is 2.05 bits per heavy atom. The van der Waals surface area contributed by atoms with Crippen LogP contribution in [0.2, 0.25) is 0 Å². The summed E-state index contributed by atoms with van der Waals surface area (Å²) in [5.74, 6) is -0.0111. The summed E-state index contributed by atoms with van der Waals surface area (Å²) < 4.78 is 1.04. The molecule has 1 aliphatic rings. The van der Waals surface area contributed by atoms with E-state index in [1.807, 2.05) is 26.0 Å². The SMILES string of the molecule is CCC1NC(=O)C(CC)N(Cc2ccc(Br)s2)C1=O. The highest BCUT2D eigenvalue weighted by molar-refractivity contribution is 9.11. The number of nitrogens with one attached hydrogen (secondary N) is 1. The Bertz CT molecular complexity index is 489. The molecule has 0 aromatic carbocycles. The lowest BCUT2D eigenvalue weighted by Gasteiger charge is -2.38. The third-order valence-electron chi connectivity index (χ3n) is 3.33. The van der Waals surface area contributed by atoms with Gasteiger partial charge in [0, 0.05) is 4.88 Å². The van der Waals surface area contributed by atoms with Gasteiger partial charge < -0.3 is 10.2 Å². The van der Waals surface area contributed by atoms with Crippen molar-refractivity contribution in [3.8, 4) is 0 Å². The van der Waals surface area contributed by atoms with Crippen molar-refractivity contribution in [1.29, 1.82) is 0 Å². The second-order valence-corrected chi connectivity index (χ2v) is 7.11. The minimum Gasteiger partial charge on any atom is -0.343 e. The van der Waals surface area contributed by atoms with Crippen LogP contribution in [-0.4, -0.2) is 28.8 Å². The van der Waals surface area contributed by atoms with Crippen LogP contribution in [0.4, 0.5) is 0 Å². The van der Waals surface area contributed by atoms with Gasteiger partial charge in [0.2, 0.25) is 11.8 Å². The Kier molecular flexibility index (Phi) is 4.62. The van der Waals surface area contributed by atoms with E-state index in [4.69, 9.17) is 0 Å². The van der Waals surface area contributed by atoms with Crippen LogP contribution in [0.3, 0.4) is 0 Å². The fourth-order valence-electron chi connectivity index (χ4n) is 2.30. The maximum atomic E-state index is 12.4. The topological polar surface area (TPSA) is 49.4 Å². The molecule has 1 fully saturated rings. The smallest absolute Gasteiger partial charge is 0.246 e. The molecule has 1 aromatic rings. The summed E-state index contributed by atoms with van der Waals surface area (Å²) in [5, 5.41) is 2.80. The number of piperazine rings is 1. The molecule has 0 aliphatic carbocycles. The summed E-state index contributed by atoms with van der Waals surface area (Å²) in [6.45, 7) is 4.35. The molecular formula is C13H17BrN2O2S. The lowest BCUT2D eigenvalue weighted by Crippen LogP contribution is -2.62. The molecule has 19 heavy (non-hydrogen) atoms. The predicted octanol–water partition coefficient (Wildman–Crippen LogP) is 2.53. The highest BCUT2D eigenvalue weighted by Gasteiger charge is 2.38. The van der Waals surface area contributed by atoms with E-state index < -0.39 is 0 Å². The molecule has 0 bridgehead atoms. The van der Waals surface area contributed by atoms with Gasteiger partial charge in [0.15, 0.2) is 0 Å². The van der Waals surface area contributed by atoms with Crippen LogP contribution >= 0.6 is 27.3 Å².